The second-order valence-corrected chi connectivity index (χ2v) is 5.49. The molecule has 1 unspecified atom stereocenters. The van der Waals surface area contributed by atoms with Crippen LogP contribution in [0.4, 0.5) is 4.39 Å². The Kier molecular flexibility index (Phi) is 6.54. The fourth-order valence-electron chi connectivity index (χ4n) is 2.27. The number of esters is 1. The molecule has 138 valence electrons. The minimum Gasteiger partial charge on any atom is -0.497 e. The number of carbonyl (C=O) groups excluding carboxylic acids is 2. The molecule has 0 spiro atoms. The lowest BCUT2D eigenvalue weighted by molar-refractivity contribution is -0.124. The molecular weight excluding hydrogens is 341 g/mol. The van der Waals surface area contributed by atoms with Crippen LogP contribution in [-0.4, -0.2) is 32.7 Å². The molecule has 7 heteroatoms. The molecule has 0 aliphatic heterocycles. The Labute approximate surface area is 150 Å². The SMILES string of the molecule is COc1ccc(C(C)NC(=O)COC(=O)c2ccc(OC)c(F)c2)cc1. The summed E-state index contributed by atoms with van der Waals surface area (Å²) in [4.78, 5) is 23.8. The highest BCUT2D eigenvalue weighted by atomic mass is 19.1. The largest absolute Gasteiger partial charge is 0.497 e. The van der Waals surface area contributed by atoms with Crippen LogP contribution in [0.3, 0.4) is 0 Å². The van der Waals surface area contributed by atoms with Gasteiger partial charge in [0.15, 0.2) is 18.2 Å². The van der Waals surface area contributed by atoms with Gasteiger partial charge >= 0.3 is 5.97 Å². The summed E-state index contributed by atoms with van der Waals surface area (Å²) in [6.07, 6.45) is 0. The molecule has 0 aliphatic rings. The van der Waals surface area contributed by atoms with E-state index in [1.807, 2.05) is 12.1 Å². The summed E-state index contributed by atoms with van der Waals surface area (Å²) in [5.74, 6) is -1.20. The van der Waals surface area contributed by atoms with Gasteiger partial charge in [0.05, 0.1) is 25.8 Å². The third-order valence-corrected chi connectivity index (χ3v) is 3.72. The highest BCUT2D eigenvalue weighted by Gasteiger charge is 2.15. The Bertz CT molecular complexity index is 776. The summed E-state index contributed by atoms with van der Waals surface area (Å²) < 4.78 is 28.4. The van der Waals surface area contributed by atoms with Crippen LogP contribution >= 0.6 is 0 Å². The van der Waals surface area contributed by atoms with Crippen LogP contribution in [0, 0.1) is 5.82 Å². The average molecular weight is 361 g/mol. The summed E-state index contributed by atoms with van der Waals surface area (Å²) >= 11 is 0. The first-order valence-corrected chi connectivity index (χ1v) is 7.88. The fourth-order valence-corrected chi connectivity index (χ4v) is 2.27. The molecular formula is C19H20FNO5. The fraction of sp³-hybridized carbons (Fsp3) is 0.263. The van der Waals surface area contributed by atoms with E-state index in [4.69, 9.17) is 14.2 Å². The highest BCUT2D eigenvalue weighted by Crippen LogP contribution is 2.19. The minimum absolute atomic E-state index is 0.000645. The number of nitrogens with one attached hydrogen (secondary N) is 1. The number of carbonyl (C=O) groups is 2. The number of ether oxygens (including phenoxy) is 3. The third kappa shape index (κ3) is 4.95. The molecule has 0 aliphatic carbocycles. The Balaban J connectivity index is 1.87. The van der Waals surface area contributed by atoms with Crippen molar-refractivity contribution >= 4 is 11.9 Å². The Morgan fingerprint density at radius 3 is 2.35 bits per heavy atom. The van der Waals surface area contributed by atoms with Crippen LogP contribution in [0.25, 0.3) is 0 Å². The lowest BCUT2D eigenvalue weighted by atomic mass is 10.1. The summed E-state index contributed by atoms with van der Waals surface area (Å²) in [6, 6.07) is 10.6. The first-order valence-electron chi connectivity index (χ1n) is 7.88. The summed E-state index contributed by atoms with van der Waals surface area (Å²) in [5.41, 5.74) is 0.877. The number of halogens is 1. The maximum atomic E-state index is 13.6. The van der Waals surface area contributed by atoms with Crippen LogP contribution in [0.1, 0.15) is 28.9 Å². The second-order valence-electron chi connectivity index (χ2n) is 5.49. The molecule has 1 amide bonds. The van der Waals surface area contributed by atoms with Crippen LogP contribution in [0.5, 0.6) is 11.5 Å². The van der Waals surface area contributed by atoms with Crippen molar-refractivity contribution in [1.82, 2.24) is 5.32 Å². The van der Waals surface area contributed by atoms with Gasteiger partial charge in [0.2, 0.25) is 0 Å². The quantitative estimate of drug-likeness (QED) is 0.768. The van der Waals surface area contributed by atoms with Gasteiger partial charge in [-0.2, -0.15) is 0 Å². The van der Waals surface area contributed by atoms with Crippen LogP contribution < -0.4 is 14.8 Å². The third-order valence-electron chi connectivity index (χ3n) is 3.72. The smallest absolute Gasteiger partial charge is 0.338 e. The van der Waals surface area contributed by atoms with Crippen molar-refractivity contribution in [2.75, 3.05) is 20.8 Å². The molecule has 1 N–H and O–H groups in total. The summed E-state index contributed by atoms with van der Waals surface area (Å²) in [7, 11) is 2.90. The zero-order valence-corrected chi connectivity index (χ0v) is 14.7. The predicted molar refractivity (Wildman–Crippen MR) is 92.8 cm³/mol. The lowest BCUT2D eigenvalue weighted by Gasteiger charge is -2.15. The molecule has 0 bridgehead atoms. The van der Waals surface area contributed by atoms with E-state index >= 15 is 0 Å². The highest BCUT2D eigenvalue weighted by molar-refractivity contribution is 5.91. The summed E-state index contributed by atoms with van der Waals surface area (Å²) in [5, 5.41) is 2.72. The van der Waals surface area contributed by atoms with Crippen LogP contribution in [0.15, 0.2) is 42.5 Å². The number of hydrogen-bond acceptors (Lipinski definition) is 5. The standard InChI is InChI=1S/C19H20FNO5/c1-12(13-4-7-15(24-2)8-5-13)21-18(22)11-26-19(23)14-6-9-17(25-3)16(20)10-14/h4-10,12H,11H2,1-3H3,(H,21,22). The number of rotatable bonds is 7. The van der Waals surface area contributed by atoms with Crippen molar-refractivity contribution < 1.29 is 28.2 Å². The maximum Gasteiger partial charge on any atom is 0.338 e. The van der Waals surface area contributed by atoms with Gasteiger partial charge in [-0.25, -0.2) is 9.18 Å². The van der Waals surface area contributed by atoms with E-state index in [1.54, 1.807) is 26.2 Å². The topological polar surface area (TPSA) is 73.9 Å². The van der Waals surface area contributed by atoms with Crippen molar-refractivity contribution in [3.8, 4) is 11.5 Å². The zero-order valence-electron chi connectivity index (χ0n) is 14.7. The lowest BCUT2D eigenvalue weighted by Crippen LogP contribution is -2.31. The molecule has 0 fully saturated rings. The van der Waals surface area contributed by atoms with Crippen molar-refractivity contribution in [1.29, 1.82) is 0 Å². The van der Waals surface area contributed by atoms with Gasteiger partial charge in [-0.3, -0.25) is 4.79 Å². The van der Waals surface area contributed by atoms with Gasteiger partial charge < -0.3 is 19.5 Å². The molecule has 26 heavy (non-hydrogen) atoms. The van der Waals surface area contributed by atoms with Gasteiger partial charge in [-0.05, 0) is 42.8 Å². The number of methoxy groups -OCH3 is 2. The molecule has 2 rings (SSSR count). The molecule has 2 aromatic carbocycles. The molecule has 0 saturated heterocycles. The Hall–Kier alpha value is -3.09. The van der Waals surface area contributed by atoms with E-state index in [-0.39, 0.29) is 17.4 Å². The van der Waals surface area contributed by atoms with Crippen molar-refractivity contribution in [2.24, 2.45) is 0 Å². The number of hydrogen-bond donors (Lipinski definition) is 1. The van der Waals surface area contributed by atoms with E-state index in [2.05, 4.69) is 5.32 Å². The van der Waals surface area contributed by atoms with Gasteiger partial charge in [0, 0.05) is 0 Å². The Morgan fingerprint density at radius 1 is 1.08 bits per heavy atom. The van der Waals surface area contributed by atoms with E-state index in [0.29, 0.717) is 5.75 Å². The van der Waals surface area contributed by atoms with Crippen molar-refractivity contribution in [2.45, 2.75) is 13.0 Å². The zero-order chi connectivity index (χ0) is 19.1. The van der Waals surface area contributed by atoms with E-state index in [9.17, 15) is 14.0 Å². The molecule has 1 atom stereocenters. The van der Waals surface area contributed by atoms with Gasteiger partial charge in [-0.15, -0.1) is 0 Å². The molecule has 2 aromatic rings. The van der Waals surface area contributed by atoms with E-state index in [1.165, 1.54) is 19.2 Å². The predicted octanol–water partition coefficient (Wildman–Crippen LogP) is 2.88. The number of amides is 1. The molecule has 6 nitrogen and oxygen atoms in total. The van der Waals surface area contributed by atoms with Crippen molar-refractivity contribution in [3.05, 3.63) is 59.4 Å². The normalized spacial score (nSPS) is 11.4. The second kappa shape index (κ2) is 8.84. The van der Waals surface area contributed by atoms with Crippen LogP contribution in [0.2, 0.25) is 0 Å². The van der Waals surface area contributed by atoms with E-state index < -0.39 is 24.3 Å². The molecule has 0 radical (unpaired) electrons. The first kappa shape index (κ1) is 19.2. The Morgan fingerprint density at radius 2 is 1.77 bits per heavy atom. The average Bonchev–Trinajstić information content (AvgIpc) is 2.66. The van der Waals surface area contributed by atoms with Crippen molar-refractivity contribution in [3.63, 3.8) is 0 Å². The molecule has 0 heterocycles. The number of benzene rings is 2. The molecule has 0 saturated carbocycles. The van der Waals surface area contributed by atoms with Gasteiger partial charge in [-0.1, -0.05) is 12.1 Å². The van der Waals surface area contributed by atoms with E-state index in [0.717, 1.165) is 11.6 Å². The van der Waals surface area contributed by atoms with Crippen LogP contribution in [-0.2, 0) is 9.53 Å². The maximum absolute atomic E-state index is 13.6. The molecule has 0 aromatic heterocycles. The van der Waals surface area contributed by atoms with Gasteiger partial charge in [0.25, 0.3) is 5.91 Å². The summed E-state index contributed by atoms with van der Waals surface area (Å²) in [6.45, 7) is 1.34. The first-order chi connectivity index (χ1) is 12.4. The van der Waals surface area contributed by atoms with Gasteiger partial charge in [0.1, 0.15) is 5.75 Å². The monoisotopic (exact) mass is 361 g/mol. The minimum atomic E-state index is -0.793.